The Bertz CT molecular complexity index is 237. The van der Waals surface area contributed by atoms with Crippen LogP contribution in [0.1, 0.15) is 11.3 Å². The van der Waals surface area contributed by atoms with E-state index in [1.165, 1.54) is 6.07 Å². The summed E-state index contributed by atoms with van der Waals surface area (Å²) in [5.41, 5.74) is 1.21. The molecule has 1 N–H and O–H groups in total. The second-order valence-corrected chi connectivity index (χ2v) is 2.06. The lowest BCUT2D eigenvalue weighted by Gasteiger charge is -1.98. The van der Waals surface area contributed by atoms with Crippen LogP contribution in [0.3, 0.4) is 0 Å². The van der Waals surface area contributed by atoms with Gasteiger partial charge < -0.3 is 5.11 Å². The molecule has 1 aromatic heterocycles. The molecule has 0 spiro atoms. The fourth-order valence-electron chi connectivity index (χ4n) is 0.704. The molecule has 0 saturated carbocycles. The number of pyridine rings is 1. The van der Waals surface area contributed by atoms with E-state index in [-0.39, 0.29) is 6.61 Å². The molecule has 1 rings (SSSR count). The molecule has 0 fully saturated rings. The largest absolute Gasteiger partial charge is 0.390 e. The average Bonchev–Trinajstić information content (AvgIpc) is 1.94. The third-order valence-electron chi connectivity index (χ3n) is 1.32. The lowest BCUT2D eigenvalue weighted by molar-refractivity contribution is 0.274. The maximum absolute atomic E-state index is 12.3. The normalized spacial score (nSPS) is 9.90. The van der Waals surface area contributed by atoms with Crippen molar-refractivity contribution < 1.29 is 9.50 Å². The molecular formula is C7H8FNO. The summed E-state index contributed by atoms with van der Waals surface area (Å²) in [4.78, 5) is 3.47. The summed E-state index contributed by atoms with van der Waals surface area (Å²) >= 11 is 0. The minimum atomic E-state index is -0.547. The summed E-state index contributed by atoms with van der Waals surface area (Å²) in [6.45, 7) is 1.57. The van der Waals surface area contributed by atoms with E-state index in [4.69, 9.17) is 5.11 Å². The number of aromatic nitrogens is 1. The van der Waals surface area contributed by atoms with E-state index in [0.29, 0.717) is 5.69 Å². The maximum Gasteiger partial charge on any atom is 0.213 e. The predicted molar refractivity (Wildman–Crippen MR) is 34.9 cm³/mol. The molecule has 1 aromatic rings. The second kappa shape index (κ2) is 2.75. The topological polar surface area (TPSA) is 33.1 Å². The van der Waals surface area contributed by atoms with Gasteiger partial charge in [-0.2, -0.15) is 4.39 Å². The fourth-order valence-corrected chi connectivity index (χ4v) is 0.704. The Morgan fingerprint density at radius 2 is 2.30 bits per heavy atom. The van der Waals surface area contributed by atoms with Crippen molar-refractivity contribution in [1.29, 1.82) is 0 Å². The molecule has 1 heterocycles. The van der Waals surface area contributed by atoms with Crippen LogP contribution in [0.25, 0.3) is 0 Å². The molecule has 0 aromatic carbocycles. The van der Waals surface area contributed by atoms with Gasteiger partial charge in [0.2, 0.25) is 5.95 Å². The maximum atomic E-state index is 12.3. The zero-order valence-corrected chi connectivity index (χ0v) is 5.63. The Kier molecular flexibility index (Phi) is 1.97. The molecule has 0 aliphatic carbocycles. The Morgan fingerprint density at radius 3 is 2.80 bits per heavy atom. The van der Waals surface area contributed by atoms with Crippen molar-refractivity contribution in [1.82, 2.24) is 4.98 Å². The molecule has 0 aliphatic heterocycles. The number of halogens is 1. The van der Waals surface area contributed by atoms with E-state index in [0.717, 1.165) is 5.56 Å². The fraction of sp³-hybridized carbons (Fsp3) is 0.286. The summed E-state index contributed by atoms with van der Waals surface area (Å²) < 4.78 is 12.3. The minimum absolute atomic E-state index is 0.205. The van der Waals surface area contributed by atoms with E-state index in [9.17, 15) is 4.39 Å². The van der Waals surface area contributed by atoms with Crippen molar-refractivity contribution >= 4 is 0 Å². The molecule has 54 valence electrons. The van der Waals surface area contributed by atoms with Gasteiger partial charge in [-0.25, -0.2) is 4.98 Å². The molecule has 2 nitrogen and oxygen atoms in total. The summed E-state index contributed by atoms with van der Waals surface area (Å²) in [5, 5.41) is 8.61. The first-order valence-corrected chi connectivity index (χ1v) is 2.97. The third kappa shape index (κ3) is 1.30. The van der Waals surface area contributed by atoms with E-state index in [1.807, 2.05) is 0 Å². The SMILES string of the molecule is Cc1ccc(F)nc1CO. The first-order chi connectivity index (χ1) is 4.74. The number of aliphatic hydroxyl groups excluding tert-OH is 1. The Balaban J connectivity index is 3.09. The zero-order chi connectivity index (χ0) is 7.56. The lowest BCUT2D eigenvalue weighted by Crippen LogP contribution is -1.95. The number of nitrogens with zero attached hydrogens (tertiary/aromatic N) is 1. The van der Waals surface area contributed by atoms with E-state index in [1.54, 1.807) is 13.0 Å². The smallest absolute Gasteiger partial charge is 0.213 e. The van der Waals surface area contributed by atoms with Gasteiger partial charge in [-0.15, -0.1) is 0 Å². The first-order valence-electron chi connectivity index (χ1n) is 2.97. The van der Waals surface area contributed by atoms with Crippen molar-refractivity contribution in [2.45, 2.75) is 13.5 Å². The quantitative estimate of drug-likeness (QED) is 0.592. The lowest BCUT2D eigenvalue weighted by atomic mass is 10.2. The Hall–Kier alpha value is -0.960. The van der Waals surface area contributed by atoms with Gasteiger partial charge in [0.15, 0.2) is 0 Å². The number of hydrogen-bond acceptors (Lipinski definition) is 2. The monoisotopic (exact) mass is 141 g/mol. The molecule has 0 aliphatic rings. The van der Waals surface area contributed by atoms with Crippen molar-refractivity contribution in [3.8, 4) is 0 Å². The summed E-state index contributed by atoms with van der Waals surface area (Å²) in [7, 11) is 0. The van der Waals surface area contributed by atoms with E-state index in [2.05, 4.69) is 4.98 Å². The predicted octanol–water partition coefficient (Wildman–Crippen LogP) is 1.02. The molecule has 0 saturated heterocycles. The van der Waals surface area contributed by atoms with E-state index >= 15 is 0 Å². The summed E-state index contributed by atoms with van der Waals surface area (Å²) in [6.07, 6.45) is 0. The van der Waals surface area contributed by atoms with Gasteiger partial charge in [-0.3, -0.25) is 0 Å². The molecular weight excluding hydrogens is 133 g/mol. The van der Waals surface area contributed by atoms with Gasteiger partial charge >= 0.3 is 0 Å². The van der Waals surface area contributed by atoms with Gasteiger partial charge in [0.25, 0.3) is 0 Å². The minimum Gasteiger partial charge on any atom is -0.390 e. The standard InChI is InChI=1S/C7H8FNO/c1-5-2-3-7(8)9-6(5)4-10/h2-3,10H,4H2,1H3. The molecule has 0 amide bonds. The highest BCUT2D eigenvalue weighted by Crippen LogP contribution is 2.04. The number of hydrogen-bond donors (Lipinski definition) is 1. The zero-order valence-electron chi connectivity index (χ0n) is 5.63. The molecule has 10 heavy (non-hydrogen) atoms. The van der Waals surface area contributed by atoms with Crippen LogP contribution >= 0.6 is 0 Å². The van der Waals surface area contributed by atoms with Crippen LogP contribution in [0.5, 0.6) is 0 Å². The van der Waals surface area contributed by atoms with Gasteiger partial charge in [0.1, 0.15) is 0 Å². The Labute approximate surface area is 58.3 Å². The van der Waals surface area contributed by atoms with Crippen molar-refractivity contribution in [2.75, 3.05) is 0 Å². The second-order valence-electron chi connectivity index (χ2n) is 2.06. The summed E-state index contributed by atoms with van der Waals surface area (Å²) in [5.74, 6) is -0.547. The highest BCUT2D eigenvalue weighted by atomic mass is 19.1. The van der Waals surface area contributed by atoms with Crippen LogP contribution in [0.4, 0.5) is 4.39 Å². The highest BCUT2D eigenvalue weighted by Gasteiger charge is 1.98. The number of aliphatic hydroxyl groups is 1. The molecule has 3 heteroatoms. The summed E-state index contributed by atoms with van der Waals surface area (Å²) in [6, 6.07) is 2.86. The number of rotatable bonds is 1. The molecule has 0 bridgehead atoms. The molecule has 0 unspecified atom stereocenters. The third-order valence-corrected chi connectivity index (χ3v) is 1.32. The molecule has 0 atom stereocenters. The van der Waals surface area contributed by atoms with Gasteiger partial charge in [0.05, 0.1) is 12.3 Å². The molecule has 0 radical (unpaired) electrons. The number of aryl methyl sites for hydroxylation is 1. The van der Waals surface area contributed by atoms with Crippen LogP contribution in [0, 0.1) is 12.9 Å². The van der Waals surface area contributed by atoms with Crippen molar-refractivity contribution in [2.24, 2.45) is 0 Å². The van der Waals surface area contributed by atoms with Crippen LogP contribution < -0.4 is 0 Å². The van der Waals surface area contributed by atoms with Crippen LogP contribution in [0.15, 0.2) is 12.1 Å². The van der Waals surface area contributed by atoms with Gasteiger partial charge in [-0.1, -0.05) is 6.07 Å². The van der Waals surface area contributed by atoms with Crippen molar-refractivity contribution in [3.63, 3.8) is 0 Å². The van der Waals surface area contributed by atoms with Crippen LogP contribution in [0.2, 0.25) is 0 Å². The Morgan fingerprint density at radius 1 is 1.60 bits per heavy atom. The van der Waals surface area contributed by atoms with Crippen LogP contribution in [-0.4, -0.2) is 10.1 Å². The van der Waals surface area contributed by atoms with Crippen LogP contribution in [-0.2, 0) is 6.61 Å². The highest BCUT2D eigenvalue weighted by molar-refractivity contribution is 5.17. The first kappa shape index (κ1) is 7.15. The van der Waals surface area contributed by atoms with Gasteiger partial charge in [0, 0.05) is 0 Å². The van der Waals surface area contributed by atoms with Gasteiger partial charge in [-0.05, 0) is 18.6 Å². The average molecular weight is 141 g/mol. The van der Waals surface area contributed by atoms with Crippen molar-refractivity contribution in [3.05, 3.63) is 29.3 Å². The van der Waals surface area contributed by atoms with E-state index < -0.39 is 5.95 Å².